The van der Waals surface area contributed by atoms with Gasteiger partial charge in [-0.2, -0.15) is 0 Å². The zero-order valence-corrected chi connectivity index (χ0v) is 19.3. The number of methoxy groups -OCH3 is 2. The molecular weight excluding hydrogens is 484 g/mol. The van der Waals surface area contributed by atoms with E-state index < -0.39 is 22.5 Å². The molecule has 162 valence electrons. The molecule has 7 nitrogen and oxygen atoms in total. The van der Waals surface area contributed by atoms with E-state index in [1.54, 1.807) is 60.7 Å². The minimum Gasteiger partial charge on any atom is -0.497 e. The Labute approximate surface area is 189 Å². The van der Waals surface area contributed by atoms with E-state index in [1.807, 2.05) is 0 Å². The molecule has 0 aromatic heterocycles. The number of amides is 1. The molecule has 0 radical (unpaired) electrons. The third-order valence-electron chi connectivity index (χ3n) is 4.41. The van der Waals surface area contributed by atoms with Gasteiger partial charge in [-0.1, -0.05) is 34.1 Å². The van der Waals surface area contributed by atoms with Crippen LogP contribution in [0, 0.1) is 0 Å². The molecule has 0 heterocycles. The van der Waals surface area contributed by atoms with Gasteiger partial charge in [0.25, 0.3) is 10.0 Å². The maximum absolute atomic E-state index is 13.3. The fourth-order valence-electron chi connectivity index (χ4n) is 2.87. The Morgan fingerprint density at radius 2 is 1.65 bits per heavy atom. The summed E-state index contributed by atoms with van der Waals surface area (Å²) < 4.78 is 39.0. The average Bonchev–Trinajstić information content (AvgIpc) is 2.78. The standard InChI is InChI=1S/C22H21BrN2O5S/c1-29-18-12-13-21(30-2)20(14-18)24-22(26)15-25(17-10-8-16(23)9-11-17)31(27,28)19-6-4-3-5-7-19/h3-14H,15H2,1-2H3,(H,24,26). The van der Waals surface area contributed by atoms with E-state index in [1.165, 1.54) is 26.4 Å². The van der Waals surface area contributed by atoms with Gasteiger partial charge in [-0.05, 0) is 48.5 Å². The summed E-state index contributed by atoms with van der Waals surface area (Å²) in [7, 11) is -0.995. The van der Waals surface area contributed by atoms with E-state index in [0.717, 1.165) is 8.78 Å². The van der Waals surface area contributed by atoms with Gasteiger partial charge >= 0.3 is 0 Å². The van der Waals surface area contributed by atoms with Crippen LogP contribution in [0.1, 0.15) is 0 Å². The molecule has 0 saturated heterocycles. The van der Waals surface area contributed by atoms with Crippen molar-refractivity contribution in [3.8, 4) is 11.5 Å². The van der Waals surface area contributed by atoms with Crippen LogP contribution in [0.5, 0.6) is 11.5 Å². The van der Waals surface area contributed by atoms with E-state index in [-0.39, 0.29) is 4.90 Å². The Morgan fingerprint density at radius 1 is 0.968 bits per heavy atom. The molecule has 3 aromatic rings. The minimum atomic E-state index is -3.98. The zero-order valence-electron chi connectivity index (χ0n) is 16.9. The largest absolute Gasteiger partial charge is 0.497 e. The monoisotopic (exact) mass is 504 g/mol. The molecule has 1 amide bonds. The number of nitrogens with zero attached hydrogens (tertiary/aromatic N) is 1. The maximum Gasteiger partial charge on any atom is 0.264 e. The Kier molecular flexibility index (Phi) is 7.19. The smallest absolute Gasteiger partial charge is 0.264 e. The second kappa shape index (κ2) is 9.84. The summed E-state index contributed by atoms with van der Waals surface area (Å²) in [6.07, 6.45) is 0. The molecule has 31 heavy (non-hydrogen) atoms. The van der Waals surface area contributed by atoms with Crippen molar-refractivity contribution < 1.29 is 22.7 Å². The van der Waals surface area contributed by atoms with Crippen molar-refractivity contribution in [1.82, 2.24) is 0 Å². The highest BCUT2D eigenvalue weighted by Crippen LogP contribution is 2.30. The fourth-order valence-corrected chi connectivity index (χ4v) is 4.58. The molecular formula is C22H21BrN2O5S. The van der Waals surface area contributed by atoms with E-state index >= 15 is 0 Å². The van der Waals surface area contributed by atoms with Gasteiger partial charge in [-0.3, -0.25) is 9.10 Å². The molecule has 9 heteroatoms. The van der Waals surface area contributed by atoms with Crippen molar-refractivity contribution in [1.29, 1.82) is 0 Å². The molecule has 0 aliphatic carbocycles. The van der Waals surface area contributed by atoms with E-state index in [4.69, 9.17) is 9.47 Å². The second-order valence-electron chi connectivity index (χ2n) is 6.42. The Bertz CT molecular complexity index is 1150. The van der Waals surface area contributed by atoms with Crippen molar-refractivity contribution >= 4 is 43.2 Å². The van der Waals surface area contributed by atoms with E-state index in [9.17, 15) is 13.2 Å². The number of hydrogen-bond acceptors (Lipinski definition) is 5. The highest BCUT2D eigenvalue weighted by atomic mass is 79.9. The summed E-state index contributed by atoms with van der Waals surface area (Å²) >= 11 is 3.34. The first-order valence-electron chi connectivity index (χ1n) is 9.20. The van der Waals surface area contributed by atoms with Crippen molar-refractivity contribution in [3.05, 3.63) is 77.3 Å². The molecule has 3 aromatic carbocycles. The summed E-state index contributed by atoms with van der Waals surface area (Å²) in [5, 5.41) is 2.71. The maximum atomic E-state index is 13.3. The van der Waals surface area contributed by atoms with Gasteiger partial charge < -0.3 is 14.8 Å². The average molecular weight is 505 g/mol. The van der Waals surface area contributed by atoms with Crippen LogP contribution in [0.3, 0.4) is 0 Å². The van der Waals surface area contributed by atoms with Crippen LogP contribution in [0.15, 0.2) is 82.2 Å². The molecule has 3 rings (SSSR count). The summed E-state index contributed by atoms with van der Waals surface area (Å²) in [6, 6.07) is 19.6. The van der Waals surface area contributed by atoms with Crippen molar-refractivity contribution in [2.24, 2.45) is 0 Å². The predicted octanol–water partition coefficient (Wildman–Crippen LogP) is 4.30. The number of anilines is 2. The van der Waals surface area contributed by atoms with Gasteiger partial charge in [-0.15, -0.1) is 0 Å². The predicted molar refractivity (Wildman–Crippen MR) is 123 cm³/mol. The number of hydrogen-bond donors (Lipinski definition) is 1. The molecule has 1 N–H and O–H groups in total. The number of carbonyl (C=O) groups is 1. The summed E-state index contributed by atoms with van der Waals surface area (Å²) in [4.78, 5) is 13.0. The number of carbonyl (C=O) groups excluding carboxylic acids is 1. The number of ether oxygens (including phenoxy) is 2. The van der Waals surface area contributed by atoms with Gasteiger partial charge in [0.05, 0.1) is 30.5 Å². The third-order valence-corrected chi connectivity index (χ3v) is 6.73. The Morgan fingerprint density at radius 3 is 2.26 bits per heavy atom. The molecule has 0 aliphatic rings. The first-order valence-corrected chi connectivity index (χ1v) is 11.4. The minimum absolute atomic E-state index is 0.0877. The van der Waals surface area contributed by atoms with Crippen LogP contribution >= 0.6 is 15.9 Å². The summed E-state index contributed by atoms with van der Waals surface area (Å²) in [5.41, 5.74) is 0.736. The lowest BCUT2D eigenvalue weighted by Gasteiger charge is -2.24. The van der Waals surface area contributed by atoms with Gasteiger partial charge in [0.15, 0.2) is 0 Å². The van der Waals surface area contributed by atoms with Crippen molar-refractivity contribution in [2.45, 2.75) is 4.90 Å². The summed E-state index contributed by atoms with van der Waals surface area (Å²) in [5.74, 6) is 0.419. The Balaban J connectivity index is 1.94. The zero-order chi connectivity index (χ0) is 22.4. The lowest BCUT2D eigenvalue weighted by atomic mass is 10.2. The highest BCUT2D eigenvalue weighted by molar-refractivity contribution is 9.10. The molecule has 0 aliphatic heterocycles. The lowest BCUT2D eigenvalue weighted by molar-refractivity contribution is -0.114. The van der Waals surface area contributed by atoms with Crippen LogP contribution < -0.4 is 19.1 Å². The van der Waals surface area contributed by atoms with Crippen LogP contribution in [-0.2, 0) is 14.8 Å². The fraction of sp³-hybridized carbons (Fsp3) is 0.136. The SMILES string of the molecule is COc1ccc(OC)c(NC(=O)CN(c2ccc(Br)cc2)S(=O)(=O)c2ccccc2)c1. The van der Waals surface area contributed by atoms with Crippen molar-refractivity contribution in [2.75, 3.05) is 30.4 Å². The van der Waals surface area contributed by atoms with Gasteiger partial charge in [0.2, 0.25) is 5.91 Å². The second-order valence-corrected chi connectivity index (χ2v) is 9.19. The molecule has 0 bridgehead atoms. The number of nitrogens with one attached hydrogen (secondary N) is 1. The lowest BCUT2D eigenvalue weighted by Crippen LogP contribution is -2.38. The van der Waals surface area contributed by atoms with Crippen LogP contribution in [0.4, 0.5) is 11.4 Å². The van der Waals surface area contributed by atoms with E-state index in [2.05, 4.69) is 21.2 Å². The molecule has 0 spiro atoms. The van der Waals surface area contributed by atoms with Crippen molar-refractivity contribution in [3.63, 3.8) is 0 Å². The molecule has 0 unspecified atom stereocenters. The highest BCUT2D eigenvalue weighted by Gasteiger charge is 2.27. The third kappa shape index (κ3) is 5.36. The Hall–Kier alpha value is -3.04. The van der Waals surface area contributed by atoms with Gasteiger partial charge in [-0.25, -0.2) is 8.42 Å². The first-order chi connectivity index (χ1) is 14.8. The molecule has 0 atom stereocenters. The van der Waals surface area contributed by atoms with Gasteiger partial charge in [0, 0.05) is 10.5 Å². The van der Waals surface area contributed by atoms with Gasteiger partial charge in [0.1, 0.15) is 18.0 Å². The normalized spacial score (nSPS) is 10.9. The first kappa shape index (κ1) is 22.6. The molecule has 0 fully saturated rings. The van der Waals surface area contributed by atoms with Crippen LogP contribution in [0.2, 0.25) is 0 Å². The number of sulfonamides is 1. The van der Waals surface area contributed by atoms with Crippen LogP contribution in [-0.4, -0.2) is 35.1 Å². The van der Waals surface area contributed by atoms with E-state index in [0.29, 0.717) is 22.9 Å². The summed E-state index contributed by atoms with van der Waals surface area (Å²) in [6.45, 7) is -0.431. The quantitative estimate of drug-likeness (QED) is 0.494. The number of benzene rings is 3. The molecule has 0 saturated carbocycles. The number of halogens is 1. The van der Waals surface area contributed by atoms with Crippen LogP contribution in [0.25, 0.3) is 0 Å². The number of rotatable bonds is 8. The topological polar surface area (TPSA) is 84.9 Å².